The molecule has 2 heterocycles. The molecule has 5 rings (SSSR count). The third kappa shape index (κ3) is 5.13. The Balaban J connectivity index is 1.49. The summed E-state index contributed by atoms with van der Waals surface area (Å²) in [7, 11) is 0. The Morgan fingerprint density at radius 3 is 2.42 bits per heavy atom. The molecule has 2 aromatic heterocycles. The monoisotopic (exact) mass is 531 g/mol. The van der Waals surface area contributed by atoms with E-state index in [1.807, 2.05) is 13.8 Å². The smallest absolute Gasteiger partial charge is 0.224 e. The number of hydrogen-bond donors (Lipinski definition) is 4. The predicted octanol–water partition coefficient (Wildman–Crippen LogP) is 4.56. The number of anilines is 3. The highest BCUT2D eigenvalue weighted by atomic mass is 19.1. The van der Waals surface area contributed by atoms with Crippen LogP contribution in [0.2, 0.25) is 0 Å². The Bertz CT molecular complexity index is 1330. The van der Waals surface area contributed by atoms with Gasteiger partial charge in [-0.25, -0.2) is 23.1 Å². The molecular weight excluding hydrogens is 499 g/mol. The number of aliphatic hydroxyl groups excluding tert-OH is 1. The van der Waals surface area contributed by atoms with E-state index in [2.05, 4.69) is 20.6 Å². The first-order valence-corrected chi connectivity index (χ1v) is 12.9. The largest absolute Gasteiger partial charge is 0.392 e. The predicted molar refractivity (Wildman–Crippen MR) is 136 cm³/mol. The van der Waals surface area contributed by atoms with Gasteiger partial charge in [-0.3, -0.25) is 9.36 Å². The lowest BCUT2D eigenvalue weighted by Crippen LogP contribution is -2.41. The standard InChI is InChI=1S/C26H32F3N7O2/c1-26(2)8-7-15(11-20(26)37)32-24-31-12-19-23(35-24)36(16-5-3-13(4-6-16)22(30)38)25(33-19)34-21-17(28)9-14(27)10-18(21)29/h9-10,12-13,15-16,20,37H,3-8,11H2,1-2H3,(H2,30,38)(H,33,34)(H,31,32,35)/t13-,15-,16+,20-/m1/s1. The molecule has 0 unspecified atom stereocenters. The van der Waals surface area contributed by atoms with Crippen LogP contribution in [-0.4, -0.2) is 42.7 Å². The molecule has 0 saturated heterocycles. The molecule has 3 aromatic rings. The zero-order valence-electron chi connectivity index (χ0n) is 21.3. The number of carbonyl (C=O) groups excluding carboxylic acids is 1. The molecule has 0 bridgehead atoms. The van der Waals surface area contributed by atoms with Gasteiger partial charge in [0.1, 0.15) is 17.0 Å². The van der Waals surface area contributed by atoms with Gasteiger partial charge in [0.15, 0.2) is 17.3 Å². The molecule has 2 fully saturated rings. The first kappa shape index (κ1) is 26.2. The number of halogens is 3. The number of fused-ring (bicyclic) bond motifs is 1. The number of aromatic nitrogens is 4. The van der Waals surface area contributed by atoms with E-state index in [1.54, 1.807) is 4.57 Å². The van der Waals surface area contributed by atoms with Crippen molar-refractivity contribution >= 4 is 34.7 Å². The van der Waals surface area contributed by atoms with Gasteiger partial charge in [0.05, 0.1) is 12.3 Å². The molecule has 2 atom stereocenters. The number of primary amides is 1. The van der Waals surface area contributed by atoms with Crippen molar-refractivity contribution in [2.45, 2.75) is 77.0 Å². The lowest BCUT2D eigenvalue weighted by molar-refractivity contribution is -0.122. The quantitative estimate of drug-likeness (QED) is 0.367. The van der Waals surface area contributed by atoms with E-state index in [-0.39, 0.29) is 35.3 Å². The first-order chi connectivity index (χ1) is 18.0. The number of benzene rings is 1. The van der Waals surface area contributed by atoms with E-state index in [0.717, 1.165) is 12.8 Å². The number of imidazole rings is 1. The second-order valence-corrected chi connectivity index (χ2v) is 11.1. The van der Waals surface area contributed by atoms with Crippen molar-refractivity contribution in [3.8, 4) is 0 Å². The summed E-state index contributed by atoms with van der Waals surface area (Å²) in [5.74, 6) is -3.31. The summed E-state index contributed by atoms with van der Waals surface area (Å²) < 4.78 is 44.2. The topological polar surface area (TPSA) is 131 Å². The molecule has 204 valence electrons. The van der Waals surface area contributed by atoms with Crippen LogP contribution in [0.15, 0.2) is 18.3 Å². The third-order valence-electron chi connectivity index (χ3n) is 8.02. The molecule has 38 heavy (non-hydrogen) atoms. The van der Waals surface area contributed by atoms with E-state index >= 15 is 0 Å². The second-order valence-electron chi connectivity index (χ2n) is 11.1. The Hall–Kier alpha value is -3.41. The summed E-state index contributed by atoms with van der Waals surface area (Å²) in [6.07, 6.45) is 5.60. The average molecular weight is 532 g/mol. The number of rotatable bonds is 6. The normalized spacial score (nSPS) is 25.3. The molecule has 2 saturated carbocycles. The first-order valence-electron chi connectivity index (χ1n) is 12.9. The van der Waals surface area contributed by atoms with Crippen LogP contribution in [0.3, 0.4) is 0 Å². The molecule has 2 aliphatic rings. The van der Waals surface area contributed by atoms with Crippen molar-refractivity contribution in [3.05, 3.63) is 35.8 Å². The van der Waals surface area contributed by atoms with Crippen molar-refractivity contribution in [3.63, 3.8) is 0 Å². The minimum Gasteiger partial charge on any atom is -0.392 e. The molecule has 12 heteroatoms. The summed E-state index contributed by atoms with van der Waals surface area (Å²) in [5.41, 5.74) is 5.68. The molecule has 2 aliphatic carbocycles. The Kier molecular flexibility index (Phi) is 6.93. The highest BCUT2D eigenvalue weighted by Gasteiger charge is 2.35. The molecule has 1 amide bonds. The molecule has 0 radical (unpaired) electrons. The van der Waals surface area contributed by atoms with Gasteiger partial charge in [0, 0.05) is 30.1 Å². The van der Waals surface area contributed by atoms with E-state index in [9.17, 15) is 23.1 Å². The molecule has 0 aliphatic heterocycles. The van der Waals surface area contributed by atoms with Gasteiger partial charge in [-0.1, -0.05) is 13.8 Å². The number of amides is 1. The summed E-state index contributed by atoms with van der Waals surface area (Å²) in [6, 6.07) is 0.999. The number of carbonyl (C=O) groups is 1. The van der Waals surface area contributed by atoms with Crippen LogP contribution in [0.25, 0.3) is 11.2 Å². The van der Waals surface area contributed by atoms with Crippen LogP contribution in [0.1, 0.15) is 64.8 Å². The van der Waals surface area contributed by atoms with Crippen LogP contribution in [-0.2, 0) is 4.79 Å². The van der Waals surface area contributed by atoms with Crippen molar-refractivity contribution in [2.75, 3.05) is 10.6 Å². The van der Waals surface area contributed by atoms with Crippen LogP contribution < -0.4 is 16.4 Å². The Morgan fingerprint density at radius 2 is 1.79 bits per heavy atom. The molecule has 9 nitrogen and oxygen atoms in total. The third-order valence-corrected chi connectivity index (χ3v) is 8.02. The fourth-order valence-corrected chi connectivity index (χ4v) is 5.52. The number of nitrogens with one attached hydrogen (secondary N) is 2. The SMILES string of the molecule is CC1(C)CC[C@@H](Nc2ncc3nc(Nc4c(F)cc(F)cc4F)n([C@H]4CC[C@@H](C(N)=O)CC4)c3n2)C[C@H]1O. The lowest BCUT2D eigenvalue weighted by Gasteiger charge is -2.39. The van der Waals surface area contributed by atoms with E-state index in [1.165, 1.54) is 6.20 Å². The Morgan fingerprint density at radius 1 is 1.11 bits per heavy atom. The van der Waals surface area contributed by atoms with Crippen molar-refractivity contribution < 1.29 is 23.1 Å². The number of nitrogens with zero attached hydrogens (tertiary/aromatic N) is 4. The van der Waals surface area contributed by atoms with E-state index < -0.39 is 29.2 Å². The van der Waals surface area contributed by atoms with Crippen LogP contribution in [0, 0.1) is 28.8 Å². The van der Waals surface area contributed by atoms with Gasteiger partial charge in [0.2, 0.25) is 17.8 Å². The fraction of sp³-hybridized carbons (Fsp3) is 0.538. The fourth-order valence-electron chi connectivity index (χ4n) is 5.52. The highest BCUT2D eigenvalue weighted by Crippen LogP contribution is 2.39. The summed E-state index contributed by atoms with van der Waals surface area (Å²) >= 11 is 0. The lowest BCUT2D eigenvalue weighted by atomic mass is 9.73. The van der Waals surface area contributed by atoms with Gasteiger partial charge in [-0.05, 0) is 50.4 Å². The minimum absolute atomic E-state index is 0.0159. The highest BCUT2D eigenvalue weighted by molar-refractivity contribution is 5.78. The minimum atomic E-state index is -1.09. The number of nitrogens with two attached hydrogens (primary N) is 1. The molecule has 0 spiro atoms. The van der Waals surface area contributed by atoms with Crippen molar-refractivity contribution in [1.82, 2.24) is 19.5 Å². The maximum absolute atomic E-state index is 14.5. The zero-order valence-corrected chi connectivity index (χ0v) is 21.3. The summed E-state index contributed by atoms with van der Waals surface area (Å²) in [4.78, 5) is 25.3. The second kappa shape index (κ2) is 10.0. The maximum atomic E-state index is 14.5. The zero-order chi connectivity index (χ0) is 27.2. The summed E-state index contributed by atoms with van der Waals surface area (Å²) in [6.45, 7) is 4.09. The van der Waals surface area contributed by atoms with Crippen molar-refractivity contribution in [1.29, 1.82) is 0 Å². The molecular formula is C26H32F3N7O2. The van der Waals surface area contributed by atoms with Gasteiger partial charge < -0.3 is 21.5 Å². The number of hydrogen-bond acceptors (Lipinski definition) is 7. The number of aliphatic hydroxyl groups is 1. The van der Waals surface area contributed by atoms with Crippen LogP contribution in [0.5, 0.6) is 0 Å². The van der Waals surface area contributed by atoms with Crippen molar-refractivity contribution in [2.24, 2.45) is 17.1 Å². The van der Waals surface area contributed by atoms with Gasteiger partial charge in [-0.2, -0.15) is 4.98 Å². The Labute approximate surface area is 218 Å². The van der Waals surface area contributed by atoms with Crippen LogP contribution in [0.4, 0.5) is 30.8 Å². The van der Waals surface area contributed by atoms with Gasteiger partial charge >= 0.3 is 0 Å². The van der Waals surface area contributed by atoms with E-state index in [0.29, 0.717) is 61.3 Å². The van der Waals surface area contributed by atoms with Gasteiger partial charge in [-0.15, -0.1) is 0 Å². The van der Waals surface area contributed by atoms with Crippen LogP contribution >= 0.6 is 0 Å². The summed E-state index contributed by atoms with van der Waals surface area (Å²) in [5, 5.41) is 16.5. The maximum Gasteiger partial charge on any atom is 0.224 e. The van der Waals surface area contributed by atoms with Gasteiger partial charge in [0.25, 0.3) is 0 Å². The average Bonchev–Trinajstić information content (AvgIpc) is 3.21. The molecule has 1 aromatic carbocycles. The molecule has 5 N–H and O–H groups in total. The van der Waals surface area contributed by atoms with E-state index in [4.69, 9.17) is 10.7 Å².